The highest BCUT2D eigenvalue weighted by atomic mass is 16.5. The van der Waals surface area contributed by atoms with Crippen LogP contribution in [-0.2, 0) is 11.3 Å². The van der Waals surface area contributed by atoms with Gasteiger partial charge in [-0.2, -0.15) is 0 Å². The number of H-pyrrole nitrogens is 1. The first-order valence-corrected chi connectivity index (χ1v) is 4.67. The number of nitrogens with one attached hydrogen (secondary N) is 1. The van der Waals surface area contributed by atoms with Gasteiger partial charge in [-0.25, -0.2) is 4.98 Å². The summed E-state index contributed by atoms with van der Waals surface area (Å²) in [6.07, 6.45) is 2.51. The van der Waals surface area contributed by atoms with Crippen LogP contribution in [0.2, 0.25) is 0 Å². The molecule has 5 nitrogen and oxygen atoms in total. The molecule has 0 aromatic carbocycles. The van der Waals surface area contributed by atoms with Crippen molar-refractivity contribution < 1.29 is 4.74 Å². The molecule has 76 valence electrons. The van der Waals surface area contributed by atoms with E-state index >= 15 is 0 Å². The minimum absolute atomic E-state index is 0.141. The highest BCUT2D eigenvalue weighted by Crippen LogP contribution is 2.28. The number of anilines is 1. The molecule has 0 spiro atoms. The number of nitrogens with two attached hydrogens (primary N) is 1. The van der Waals surface area contributed by atoms with Crippen molar-refractivity contribution in [3.05, 3.63) is 22.1 Å². The zero-order valence-electron chi connectivity index (χ0n) is 7.82. The maximum absolute atomic E-state index is 11.0. The molecule has 2 rings (SSSR count). The van der Waals surface area contributed by atoms with Crippen molar-refractivity contribution in [2.75, 3.05) is 12.3 Å². The normalized spacial score (nSPS) is 15.7. The number of aromatic amines is 1. The summed E-state index contributed by atoms with van der Waals surface area (Å²) in [5.74, 6) is 0.858. The zero-order chi connectivity index (χ0) is 9.97. The Balaban J connectivity index is 1.90. The van der Waals surface area contributed by atoms with Gasteiger partial charge in [-0.1, -0.05) is 0 Å². The van der Waals surface area contributed by atoms with E-state index in [9.17, 15) is 4.79 Å². The molecule has 0 atom stereocenters. The van der Waals surface area contributed by atoms with Crippen LogP contribution in [0.1, 0.15) is 18.5 Å². The highest BCUT2D eigenvalue weighted by molar-refractivity contribution is 5.16. The van der Waals surface area contributed by atoms with E-state index in [0.717, 1.165) is 6.61 Å². The second-order valence-corrected chi connectivity index (χ2v) is 3.58. The molecular weight excluding hydrogens is 182 g/mol. The van der Waals surface area contributed by atoms with Gasteiger partial charge in [0.15, 0.2) is 0 Å². The molecule has 0 amide bonds. The predicted octanol–water partition coefficient (Wildman–Crippen LogP) is 0.279. The lowest BCUT2D eigenvalue weighted by Gasteiger charge is -2.02. The van der Waals surface area contributed by atoms with Gasteiger partial charge < -0.3 is 10.5 Å². The number of hydrogen-bond acceptors (Lipinski definition) is 4. The second-order valence-electron chi connectivity index (χ2n) is 3.58. The lowest BCUT2D eigenvalue weighted by Crippen LogP contribution is -2.12. The third-order valence-corrected chi connectivity index (χ3v) is 2.11. The summed E-state index contributed by atoms with van der Waals surface area (Å²) in [5.41, 5.74) is 5.74. The Morgan fingerprint density at radius 3 is 3.07 bits per heavy atom. The molecule has 1 aliphatic rings. The smallest absolute Gasteiger partial charge is 0.252 e. The number of hydrogen-bond donors (Lipinski definition) is 2. The Kier molecular flexibility index (Phi) is 2.49. The van der Waals surface area contributed by atoms with E-state index in [4.69, 9.17) is 10.5 Å². The number of aromatic nitrogens is 2. The first-order chi connectivity index (χ1) is 6.74. The van der Waals surface area contributed by atoms with Gasteiger partial charge in [-0.3, -0.25) is 9.78 Å². The van der Waals surface area contributed by atoms with Crippen LogP contribution in [0, 0.1) is 5.92 Å². The van der Waals surface area contributed by atoms with E-state index in [0.29, 0.717) is 18.2 Å². The molecule has 1 saturated carbocycles. The predicted molar refractivity (Wildman–Crippen MR) is 51.7 cm³/mol. The van der Waals surface area contributed by atoms with Crippen LogP contribution in [0.3, 0.4) is 0 Å². The Labute approximate surface area is 81.3 Å². The fourth-order valence-electron chi connectivity index (χ4n) is 1.22. The van der Waals surface area contributed by atoms with E-state index < -0.39 is 0 Å². The minimum atomic E-state index is -0.234. The standard InChI is InChI=1S/C9H13N3O2/c10-9-11-7(3-8(13)12-9)5-14-4-6-1-2-6/h3,6H,1-2,4-5H2,(H3,10,11,12,13). The van der Waals surface area contributed by atoms with Gasteiger partial charge in [0.05, 0.1) is 12.3 Å². The number of rotatable bonds is 4. The van der Waals surface area contributed by atoms with Crippen molar-refractivity contribution in [3.63, 3.8) is 0 Å². The van der Waals surface area contributed by atoms with Crippen molar-refractivity contribution in [2.45, 2.75) is 19.4 Å². The Hall–Kier alpha value is -1.36. The van der Waals surface area contributed by atoms with Gasteiger partial charge in [0.2, 0.25) is 5.95 Å². The molecule has 5 heteroatoms. The lowest BCUT2D eigenvalue weighted by atomic mass is 10.4. The van der Waals surface area contributed by atoms with Gasteiger partial charge in [0.25, 0.3) is 5.56 Å². The molecule has 0 aliphatic heterocycles. The third kappa shape index (κ3) is 2.56. The largest absolute Gasteiger partial charge is 0.375 e. The van der Waals surface area contributed by atoms with Gasteiger partial charge in [0, 0.05) is 12.7 Å². The summed E-state index contributed by atoms with van der Waals surface area (Å²) in [6, 6.07) is 1.41. The van der Waals surface area contributed by atoms with Crippen molar-refractivity contribution >= 4 is 5.95 Å². The quantitative estimate of drug-likeness (QED) is 0.723. The molecular formula is C9H13N3O2. The molecule has 0 unspecified atom stereocenters. The summed E-state index contributed by atoms with van der Waals surface area (Å²) in [5, 5.41) is 0. The molecule has 1 heterocycles. The van der Waals surface area contributed by atoms with E-state index in [-0.39, 0.29) is 11.5 Å². The monoisotopic (exact) mass is 195 g/mol. The highest BCUT2D eigenvalue weighted by Gasteiger charge is 2.21. The minimum Gasteiger partial charge on any atom is -0.375 e. The maximum atomic E-state index is 11.0. The van der Waals surface area contributed by atoms with E-state index in [2.05, 4.69) is 9.97 Å². The number of ether oxygens (including phenoxy) is 1. The molecule has 1 aromatic rings. The van der Waals surface area contributed by atoms with Crippen molar-refractivity contribution in [2.24, 2.45) is 5.92 Å². The Morgan fingerprint density at radius 2 is 2.43 bits per heavy atom. The van der Waals surface area contributed by atoms with Gasteiger partial charge in [0.1, 0.15) is 0 Å². The summed E-state index contributed by atoms with van der Waals surface area (Å²) in [7, 11) is 0. The summed E-state index contributed by atoms with van der Waals surface area (Å²) in [4.78, 5) is 17.3. The summed E-state index contributed by atoms with van der Waals surface area (Å²) < 4.78 is 5.38. The SMILES string of the molecule is Nc1nc(COCC2CC2)cc(=O)[nH]1. The molecule has 14 heavy (non-hydrogen) atoms. The van der Waals surface area contributed by atoms with Crippen molar-refractivity contribution in [3.8, 4) is 0 Å². The maximum Gasteiger partial charge on any atom is 0.252 e. The van der Waals surface area contributed by atoms with Crippen LogP contribution in [0.4, 0.5) is 5.95 Å². The number of nitrogen functional groups attached to an aromatic ring is 1. The first-order valence-electron chi connectivity index (χ1n) is 4.67. The molecule has 0 bridgehead atoms. The van der Waals surface area contributed by atoms with E-state index in [1.807, 2.05) is 0 Å². The Bertz CT molecular complexity index is 371. The molecule has 3 N–H and O–H groups in total. The molecule has 0 radical (unpaired) electrons. The third-order valence-electron chi connectivity index (χ3n) is 2.11. The Morgan fingerprint density at radius 1 is 1.64 bits per heavy atom. The summed E-state index contributed by atoms with van der Waals surface area (Å²) in [6.45, 7) is 1.12. The van der Waals surface area contributed by atoms with Gasteiger partial charge in [-0.15, -0.1) is 0 Å². The van der Waals surface area contributed by atoms with Crippen LogP contribution in [-0.4, -0.2) is 16.6 Å². The van der Waals surface area contributed by atoms with Crippen molar-refractivity contribution in [1.82, 2.24) is 9.97 Å². The molecule has 1 aliphatic carbocycles. The van der Waals surface area contributed by atoms with E-state index in [1.165, 1.54) is 18.9 Å². The number of nitrogens with zero attached hydrogens (tertiary/aromatic N) is 1. The van der Waals surface area contributed by atoms with Crippen molar-refractivity contribution in [1.29, 1.82) is 0 Å². The summed E-state index contributed by atoms with van der Waals surface area (Å²) >= 11 is 0. The average Bonchev–Trinajstić information content (AvgIpc) is 2.86. The van der Waals surface area contributed by atoms with Crippen LogP contribution in [0.5, 0.6) is 0 Å². The average molecular weight is 195 g/mol. The molecule has 1 aromatic heterocycles. The van der Waals surface area contributed by atoms with E-state index in [1.54, 1.807) is 0 Å². The van der Waals surface area contributed by atoms with Gasteiger partial charge >= 0.3 is 0 Å². The van der Waals surface area contributed by atoms with Crippen LogP contribution < -0.4 is 11.3 Å². The molecule has 1 fully saturated rings. The van der Waals surface area contributed by atoms with Crippen LogP contribution in [0.15, 0.2) is 10.9 Å². The zero-order valence-corrected chi connectivity index (χ0v) is 7.82. The fourth-order valence-corrected chi connectivity index (χ4v) is 1.22. The first kappa shape index (κ1) is 9.21. The van der Waals surface area contributed by atoms with Crippen LogP contribution >= 0.6 is 0 Å². The molecule has 0 saturated heterocycles. The topological polar surface area (TPSA) is 81.0 Å². The lowest BCUT2D eigenvalue weighted by molar-refractivity contribution is 0.109. The van der Waals surface area contributed by atoms with Crippen LogP contribution in [0.25, 0.3) is 0 Å². The van der Waals surface area contributed by atoms with Gasteiger partial charge in [-0.05, 0) is 18.8 Å². The second kappa shape index (κ2) is 3.79. The fraction of sp³-hybridized carbons (Fsp3) is 0.556.